The van der Waals surface area contributed by atoms with Gasteiger partial charge in [0.25, 0.3) is 5.65 Å². The van der Waals surface area contributed by atoms with Crippen molar-refractivity contribution in [3.8, 4) is 0 Å². The maximum absolute atomic E-state index is 13.4. The Kier molecular flexibility index (Phi) is 5.80. The molecule has 0 saturated heterocycles. The monoisotopic (exact) mass is 481 g/mol. The molecule has 0 aliphatic carbocycles. The molecule has 1 N–H and O–H groups in total. The molecular weight excluding hydrogens is 463 g/mol. The highest BCUT2D eigenvalue weighted by Gasteiger charge is 2.24. The third kappa shape index (κ3) is 3.97. The second kappa shape index (κ2) is 8.90. The van der Waals surface area contributed by atoms with Gasteiger partial charge >= 0.3 is 5.56 Å². The van der Waals surface area contributed by atoms with Crippen molar-refractivity contribution >= 4 is 62.6 Å². The highest BCUT2D eigenvalue weighted by atomic mass is 35.5. The van der Waals surface area contributed by atoms with Gasteiger partial charge in [0, 0.05) is 20.1 Å². The van der Waals surface area contributed by atoms with E-state index >= 15 is 0 Å². The number of aryl methyl sites for hydroxylation is 1. The van der Waals surface area contributed by atoms with Gasteiger partial charge in [-0.3, -0.25) is 0 Å². The summed E-state index contributed by atoms with van der Waals surface area (Å²) in [5, 5.41) is 5.92. The summed E-state index contributed by atoms with van der Waals surface area (Å²) in [5.41, 5.74) is 3.45. The van der Waals surface area contributed by atoms with E-state index in [0.717, 1.165) is 5.56 Å². The molecule has 0 aliphatic heterocycles. The van der Waals surface area contributed by atoms with Crippen LogP contribution < -0.4 is 10.5 Å². The average Bonchev–Trinajstić information content (AvgIpc) is 3.13. The van der Waals surface area contributed by atoms with Crippen molar-refractivity contribution in [3.63, 3.8) is 0 Å². The molecule has 0 unspecified atom stereocenters. The first-order chi connectivity index (χ1) is 16.1. The number of halogens is 2. The Morgan fingerprint density at radius 3 is 2.67 bits per heavy atom. The van der Waals surface area contributed by atoms with Crippen molar-refractivity contribution < 1.29 is 9.72 Å². The van der Waals surface area contributed by atoms with Crippen LogP contribution in [0, 0.1) is 0 Å². The lowest BCUT2D eigenvalue weighted by Gasteiger charge is -2.00. The molecular formula is C23H19Cl2N6O2+. The van der Waals surface area contributed by atoms with Crippen LogP contribution in [0.3, 0.4) is 0 Å². The lowest BCUT2D eigenvalue weighted by Crippen LogP contribution is -2.27. The first-order valence-corrected chi connectivity index (χ1v) is 11.0. The van der Waals surface area contributed by atoms with Crippen LogP contribution in [0.25, 0.3) is 33.2 Å². The van der Waals surface area contributed by atoms with Gasteiger partial charge in [0.05, 0.1) is 33.8 Å². The van der Waals surface area contributed by atoms with Crippen molar-refractivity contribution in [1.29, 1.82) is 0 Å². The number of para-hydroxylation sites is 2. The van der Waals surface area contributed by atoms with Gasteiger partial charge in [-0.1, -0.05) is 41.4 Å². The number of nitrogens with one attached hydrogen (secondary N) is 1. The Hall–Kier alpha value is -3.33. The van der Waals surface area contributed by atoms with Crippen LogP contribution in [0.4, 0.5) is 0 Å². The summed E-state index contributed by atoms with van der Waals surface area (Å²) < 4.78 is 8.32. The molecule has 3 heterocycles. The first kappa shape index (κ1) is 21.5. The Balaban J connectivity index is 1.74. The number of aromatic amines is 1. The summed E-state index contributed by atoms with van der Waals surface area (Å²) in [6.07, 6.45) is 3.98. The summed E-state index contributed by atoms with van der Waals surface area (Å²) in [6, 6.07) is 12.7. The number of hydrogen-bond acceptors (Lipinski definition) is 5. The number of methoxy groups -OCH3 is 1. The largest absolute Gasteiger partial charge is 0.385 e. The molecule has 10 heteroatoms. The van der Waals surface area contributed by atoms with Gasteiger partial charge in [-0.05, 0) is 29.8 Å². The number of rotatable bonds is 6. The van der Waals surface area contributed by atoms with Gasteiger partial charge in [-0.15, -0.1) is 9.78 Å². The highest BCUT2D eigenvalue weighted by Crippen LogP contribution is 2.25. The average molecular weight is 482 g/mol. The minimum Gasteiger partial charge on any atom is -0.385 e. The molecule has 0 radical (unpaired) electrons. The Labute approximate surface area is 198 Å². The summed E-state index contributed by atoms with van der Waals surface area (Å²) in [4.78, 5) is 26.1. The van der Waals surface area contributed by atoms with Crippen LogP contribution in [0.15, 0.2) is 58.7 Å². The lowest BCUT2D eigenvalue weighted by atomic mass is 10.2. The van der Waals surface area contributed by atoms with Crippen LogP contribution in [-0.4, -0.2) is 39.1 Å². The molecule has 0 aliphatic rings. The SMILES string of the molecule is COCCCn1c[nH+]c2c(c1=O)c1nc3ccccc3nc1n2/N=C/c1ccc(Cl)c(Cl)c1. The zero-order chi connectivity index (χ0) is 22.9. The molecule has 0 bridgehead atoms. The van der Waals surface area contributed by atoms with Gasteiger partial charge in [0.2, 0.25) is 5.65 Å². The molecule has 166 valence electrons. The van der Waals surface area contributed by atoms with Crippen molar-refractivity contribution in [2.45, 2.75) is 13.0 Å². The fourth-order valence-corrected chi connectivity index (χ4v) is 3.99. The minimum absolute atomic E-state index is 0.169. The second-order valence-corrected chi connectivity index (χ2v) is 8.27. The third-order valence-corrected chi connectivity index (χ3v) is 6.02. The van der Waals surface area contributed by atoms with Gasteiger partial charge < -0.3 is 4.74 Å². The number of H-pyrrole nitrogens is 1. The van der Waals surface area contributed by atoms with E-state index in [-0.39, 0.29) is 5.56 Å². The fraction of sp³-hybridized carbons (Fsp3) is 0.174. The lowest BCUT2D eigenvalue weighted by molar-refractivity contribution is -0.357. The van der Waals surface area contributed by atoms with E-state index in [2.05, 4.69) is 10.1 Å². The van der Waals surface area contributed by atoms with Crippen molar-refractivity contribution in [2.75, 3.05) is 13.7 Å². The zero-order valence-corrected chi connectivity index (χ0v) is 19.1. The molecule has 0 atom stereocenters. The summed E-state index contributed by atoms with van der Waals surface area (Å²) in [5.74, 6) is 0. The van der Waals surface area contributed by atoms with Crippen LogP contribution in [0.1, 0.15) is 12.0 Å². The number of aromatic nitrogens is 5. The second-order valence-electron chi connectivity index (χ2n) is 7.46. The van der Waals surface area contributed by atoms with Crippen LogP contribution >= 0.6 is 23.2 Å². The summed E-state index contributed by atoms with van der Waals surface area (Å²) in [6.45, 7) is 1.07. The molecule has 0 amide bonds. The maximum atomic E-state index is 13.4. The fourth-order valence-electron chi connectivity index (χ4n) is 3.68. The molecule has 0 saturated carbocycles. The van der Waals surface area contributed by atoms with E-state index in [9.17, 15) is 4.79 Å². The Morgan fingerprint density at radius 1 is 1.12 bits per heavy atom. The molecule has 0 fully saturated rings. The molecule has 0 spiro atoms. The molecule has 2 aromatic carbocycles. The smallest absolute Gasteiger partial charge is 0.322 e. The number of nitrogens with zero attached hydrogens (tertiary/aromatic N) is 5. The van der Waals surface area contributed by atoms with Gasteiger partial charge in [0.15, 0.2) is 11.7 Å². The molecule has 5 aromatic rings. The van der Waals surface area contributed by atoms with Crippen LogP contribution in [0.2, 0.25) is 10.0 Å². The molecule has 3 aromatic heterocycles. The van der Waals surface area contributed by atoms with Crippen molar-refractivity contribution in [3.05, 3.63) is 74.8 Å². The summed E-state index contributed by atoms with van der Waals surface area (Å²) >= 11 is 12.2. The third-order valence-electron chi connectivity index (χ3n) is 5.28. The van der Waals surface area contributed by atoms with E-state index in [1.54, 1.807) is 47.1 Å². The van der Waals surface area contributed by atoms with Crippen LogP contribution in [-0.2, 0) is 11.3 Å². The Bertz CT molecular complexity index is 1590. The minimum atomic E-state index is -0.169. The zero-order valence-electron chi connectivity index (χ0n) is 17.6. The Morgan fingerprint density at radius 2 is 1.91 bits per heavy atom. The van der Waals surface area contributed by atoms with Gasteiger partial charge in [0.1, 0.15) is 5.52 Å². The number of fused-ring (bicyclic) bond motifs is 4. The van der Waals surface area contributed by atoms with Gasteiger partial charge in [-0.2, -0.15) is 0 Å². The molecule has 5 rings (SSSR count). The van der Waals surface area contributed by atoms with E-state index in [0.29, 0.717) is 62.8 Å². The van der Waals surface area contributed by atoms with Gasteiger partial charge in [-0.25, -0.2) is 24.3 Å². The topological polar surface area (TPSA) is 88.4 Å². The molecule has 33 heavy (non-hydrogen) atoms. The van der Waals surface area contributed by atoms with Crippen LogP contribution in [0.5, 0.6) is 0 Å². The molecule has 8 nitrogen and oxygen atoms in total. The van der Waals surface area contributed by atoms with E-state index in [4.69, 9.17) is 37.9 Å². The predicted molar refractivity (Wildman–Crippen MR) is 129 cm³/mol. The summed E-state index contributed by atoms with van der Waals surface area (Å²) in [7, 11) is 1.64. The maximum Gasteiger partial charge on any atom is 0.322 e. The van der Waals surface area contributed by atoms with E-state index in [1.807, 2.05) is 24.3 Å². The normalized spacial score (nSPS) is 12.0. The quantitative estimate of drug-likeness (QED) is 0.271. The number of hydrogen-bond donors (Lipinski definition) is 0. The first-order valence-electron chi connectivity index (χ1n) is 10.3. The van der Waals surface area contributed by atoms with E-state index in [1.165, 1.54) is 0 Å². The van der Waals surface area contributed by atoms with E-state index < -0.39 is 0 Å². The number of benzene rings is 2. The van der Waals surface area contributed by atoms with Crippen molar-refractivity contribution in [1.82, 2.24) is 19.2 Å². The number of ether oxygens (including phenoxy) is 1. The standard InChI is InChI=1S/C23H18Cl2N6O2/c1-33-10-4-9-30-13-26-21-19(23(30)32)20-22(29-18-6-3-2-5-17(18)28-20)31(21)27-12-14-7-8-15(24)16(25)11-14/h2-3,5-8,11-13H,4,9-10H2,1H3/p+1/b27-12+. The predicted octanol–water partition coefficient (Wildman–Crippen LogP) is 3.94. The van der Waals surface area contributed by atoms with Crippen molar-refractivity contribution in [2.24, 2.45) is 5.10 Å². The highest BCUT2D eigenvalue weighted by molar-refractivity contribution is 6.42.